The molecular weight excluding hydrogens is 810 g/mol. The summed E-state index contributed by atoms with van der Waals surface area (Å²) in [6.07, 6.45) is 0. The van der Waals surface area contributed by atoms with Gasteiger partial charge < -0.3 is 27.4 Å². The van der Waals surface area contributed by atoms with Gasteiger partial charge in [0.2, 0.25) is 0 Å². The van der Waals surface area contributed by atoms with E-state index in [0.717, 1.165) is 32.7 Å². The van der Waals surface area contributed by atoms with Crippen molar-refractivity contribution in [2.75, 3.05) is 0 Å². The molecular formula is C58H70B2N2O4. The zero-order valence-electron chi connectivity index (χ0n) is 43.5. The lowest BCUT2D eigenvalue weighted by Crippen LogP contribution is -2.41. The fraction of sp³-hybridized carbons (Fsp3) is 0.483. The molecule has 0 radical (unpaired) electrons. The van der Waals surface area contributed by atoms with E-state index in [2.05, 4.69) is 208 Å². The zero-order chi connectivity index (χ0) is 47.8. The third-order valence-corrected chi connectivity index (χ3v) is 16.7. The Balaban J connectivity index is 1.49. The third kappa shape index (κ3) is 5.83. The molecule has 2 aliphatic heterocycles. The monoisotopic (exact) mass is 881 g/mol. The standard InChI is InChI=1S/C58H70B2N2O4/c1-51(2,3)31-21-23-41-35(25-31)37-27-33(53(7,8)9)29-39-43-46(60-65-57(17,18)58(19,20)66-60)50-44(45(49(43)61(41)47(37)39)59-63-55(13,14)56(15,16)64-59)40-30-34(54(10,11)12)28-38-36-26-32(52(4,5)6)22-24-42(36)62(50)48(38)40/h21-30H,1-20H3. The molecule has 0 aliphatic carbocycles. The number of nitrogens with zero attached hydrogens (tertiary/aromatic N) is 2. The summed E-state index contributed by atoms with van der Waals surface area (Å²) in [6, 6.07) is 24.2. The highest BCUT2D eigenvalue weighted by Crippen LogP contribution is 2.50. The molecule has 0 unspecified atom stereocenters. The van der Waals surface area contributed by atoms with Crippen molar-refractivity contribution < 1.29 is 18.6 Å². The minimum Gasteiger partial charge on any atom is -0.399 e. The van der Waals surface area contributed by atoms with Crippen LogP contribution in [0.2, 0.25) is 0 Å². The van der Waals surface area contributed by atoms with E-state index in [-0.39, 0.29) is 21.7 Å². The van der Waals surface area contributed by atoms with Crippen LogP contribution < -0.4 is 10.9 Å². The summed E-state index contributed by atoms with van der Waals surface area (Å²) in [5.41, 5.74) is 11.6. The van der Waals surface area contributed by atoms with Crippen molar-refractivity contribution in [3.05, 3.63) is 82.9 Å². The second kappa shape index (κ2) is 12.8. The molecule has 2 fully saturated rings. The molecule has 6 heterocycles. The van der Waals surface area contributed by atoms with E-state index < -0.39 is 36.6 Å². The summed E-state index contributed by atoms with van der Waals surface area (Å²) in [7, 11) is -1.36. The van der Waals surface area contributed by atoms with Crippen molar-refractivity contribution in [2.45, 2.75) is 183 Å². The van der Waals surface area contributed by atoms with E-state index in [1.54, 1.807) is 0 Å². The van der Waals surface area contributed by atoms with Gasteiger partial charge in [-0.25, -0.2) is 0 Å². The van der Waals surface area contributed by atoms with Gasteiger partial charge in [0.1, 0.15) is 0 Å². The van der Waals surface area contributed by atoms with Crippen molar-refractivity contribution in [2.24, 2.45) is 0 Å². The molecule has 342 valence electrons. The highest BCUT2D eigenvalue weighted by atomic mass is 16.7. The van der Waals surface area contributed by atoms with Gasteiger partial charge in [0, 0.05) is 54.0 Å². The van der Waals surface area contributed by atoms with Crippen molar-refractivity contribution in [1.29, 1.82) is 0 Å². The van der Waals surface area contributed by atoms with Crippen molar-refractivity contribution >= 4 is 101 Å². The minimum atomic E-state index is -0.681. The molecule has 8 heteroatoms. The normalized spacial score (nSPS) is 19.4. The largest absolute Gasteiger partial charge is 0.497 e. The van der Waals surface area contributed by atoms with Gasteiger partial charge in [-0.2, -0.15) is 0 Å². The van der Waals surface area contributed by atoms with E-state index in [1.165, 1.54) is 76.6 Å². The predicted octanol–water partition coefficient (Wildman–Crippen LogP) is 13.8. The van der Waals surface area contributed by atoms with E-state index >= 15 is 0 Å². The number of benzene rings is 5. The quantitative estimate of drug-likeness (QED) is 0.162. The van der Waals surface area contributed by atoms with E-state index in [0.29, 0.717) is 0 Å². The van der Waals surface area contributed by atoms with Crippen LogP contribution in [0.5, 0.6) is 0 Å². The maximum absolute atomic E-state index is 7.36. The summed E-state index contributed by atoms with van der Waals surface area (Å²) in [5, 5.41) is 9.70. The van der Waals surface area contributed by atoms with Gasteiger partial charge in [-0.05, 0) is 148 Å². The average molecular weight is 881 g/mol. The maximum Gasteiger partial charge on any atom is 0.497 e. The van der Waals surface area contributed by atoms with Gasteiger partial charge in [0.05, 0.1) is 55.5 Å². The molecule has 0 spiro atoms. The van der Waals surface area contributed by atoms with Crippen LogP contribution in [0.4, 0.5) is 0 Å². The summed E-state index contributed by atoms with van der Waals surface area (Å²) in [4.78, 5) is 0. The maximum atomic E-state index is 7.36. The predicted molar refractivity (Wildman–Crippen MR) is 282 cm³/mol. The molecule has 9 aromatic rings. The fourth-order valence-electron chi connectivity index (χ4n) is 11.1. The average Bonchev–Trinajstić information content (AvgIpc) is 3.97. The molecule has 4 aromatic heterocycles. The molecule has 2 saturated heterocycles. The van der Waals surface area contributed by atoms with Gasteiger partial charge in [0.15, 0.2) is 0 Å². The Morgan fingerprint density at radius 2 is 0.621 bits per heavy atom. The molecule has 0 saturated carbocycles. The summed E-state index contributed by atoms with van der Waals surface area (Å²) in [5.74, 6) is 0. The van der Waals surface area contributed by atoms with Gasteiger partial charge >= 0.3 is 14.2 Å². The molecule has 0 amide bonds. The van der Waals surface area contributed by atoms with Crippen LogP contribution in [-0.2, 0) is 40.3 Å². The lowest BCUT2D eigenvalue weighted by atomic mass is 9.68. The second-order valence-corrected chi connectivity index (χ2v) is 26.4. The van der Waals surface area contributed by atoms with E-state index in [1.807, 2.05) is 0 Å². The van der Waals surface area contributed by atoms with Crippen molar-refractivity contribution in [3.63, 3.8) is 0 Å². The summed E-state index contributed by atoms with van der Waals surface area (Å²) in [6.45, 7) is 45.3. The molecule has 66 heavy (non-hydrogen) atoms. The summed E-state index contributed by atoms with van der Waals surface area (Å²) >= 11 is 0. The van der Waals surface area contributed by atoms with Crippen LogP contribution in [0.15, 0.2) is 60.7 Å². The van der Waals surface area contributed by atoms with E-state index in [4.69, 9.17) is 18.6 Å². The third-order valence-electron chi connectivity index (χ3n) is 16.7. The minimum absolute atomic E-state index is 0.0267. The molecule has 0 atom stereocenters. The Bertz CT molecular complexity index is 3270. The molecule has 2 aliphatic rings. The first-order valence-corrected chi connectivity index (χ1v) is 24.5. The van der Waals surface area contributed by atoms with Gasteiger partial charge in [-0.15, -0.1) is 0 Å². The Morgan fingerprint density at radius 3 is 0.909 bits per heavy atom. The number of fused-ring (bicyclic) bond motifs is 12. The van der Waals surface area contributed by atoms with Crippen LogP contribution in [0, 0.1) is 0 Å². The Morgan fingerprint density at radius 1 is 0.348 bits per heavy atom. The van der Waals surface area contributed by atoms with E-state index in [9.17, 15) is 0 Å². The fourth-order valence-corrected chi connectivity index (χ4v) is 11.1. The SMILES string of the molecule is CC(C)(C)c1ccc2c(c1)c1cc(C(C)(C)C)cc3c4c(B5OC(C)(C)C(C)(C)O5)c5c(c(B6OC(C)(C)C(C)(C)O6)c4n2c13)c1cc(C(C)(C)C)cc2c3cc(C(C)(C)C)ccc3n5c21. The first-order chi connectivity index (χ1) is 30.2. The topological polar surface area (TPSA) is 45.7 Å². The number of hydrogen-bond acceptors (Lipinski definition) is 4. The Labute approximate surface area is 392 Å². The number of rotatable bonds is 2. The van der Waals surface area contributed by atoms with Crippen molar-refractivity contribution in [3.8, 4) is 0 Å². The molecule has 5 aromatic carbocycles. The zero-order valence-corrected chi connectivity index (χ0v) is 43.5. The van der Waals surface area contributed by atoms with Crippen LogP contribution in [0.1, 0.15) is 161 Å². The first-order valence-electron chi connectivity index (χ1n) is 24.5. The van der Waals surface area contributed by atoms with Crippen LogP contribution in [0.3, 0.4) is 0 Å². The lowest BCUT2D eigenvalue weighted by molar-refractivity contribution is 0.00578. The smallest absolute Gasteiger partial charge is 0.399 e. The van der Waals surface area contributed by atoms with Gasteiger partial charge in [-0.3, -0.25) is 0 Å². The Kier molecular flexibility index (Phi) is 8.60. The number of hydrogen-bond donors (Lipinski definition) is 0. The first kappa shape index (κ1) is 44.2. The van der Waals surface area contributed by atoms with Crippen LogP contribution in [0.25, 0.3) is 76.2 Å². The summed E-state index contributed by atoms with van der Waals surface area (Å²) < 4.78 is 34.6. The van der Waals surface area contributed by atoms with Crippen LogP contribution in [-0.4, -0.2) is 45.4 Å². The van der Waals surface area contributed by atoms with Crippen LogP contribution >= 0.6 is 0 Å². The molecule has 11 rings (SSSR count). The molecule has 0 N–H and O–H groups in total. The van der Waals surface area contributed by atoms with Crippen molar-refractivity contribution in [1.82, 2.24) is 8.80 Å². The highest BCUT2D eigenvalue weighted by Gasteiger charge is 2.56. The molecule has 0 bridgehead atoms. The lowest BCUT2D eigenvalue weighted by Gasteiger charge is -2.32. The van der Waals surface area contributed by atoms with Gasteiger partial charge in [-0.1, -0.05) is 95.2 Å². The second-order valence-electron chi connectivity index (χ2n) is 26.4. The highest BCUT2D eigenvalue weighted by molar-refractivity contribution is 6.75. The number of aromatic nitrogens is 2. The molecule has 6 nitrogen and oxygen atoms in total. The van der Waals surface area contributed by atoms with Gasteiger partial charge in [0.25, 0.3) is 0 Å². The Hall–Kier alpha value is -4.33.